The van der Waals surface area contributed by atoms with Crippen LogP contribution >= 0.6 is 0 Å². The molecular formula is C44H28N2. The van der Waals surface area contributed by atoms with E-state index in [-0.39, 0.29) is 0 Å². The molecule has 0 spiro atoms. The van der Waals surface area contributed by atoms with E-state index >= 15 is 0 Å². The highest BCUT2D eigenvalue weighted by atomic mass is 14.7. The molecule has 1 aliphatic carbocycles. The molecule has 8 aromatic rings. The normalized spacial score (nSPS) is 11.5. The second-order valence-electron chi connectivity index (χ2n) is 11.8. The van der Waals surface area contributed by atoms with Crippen molar-refractivity contribution in [3.05, 3.63) is 170 Å². The summed E-state index contributed by atoms with van der Waals surface area (Å²) in [6.45, 7) is 0. The van der Waals surface area contributed by atoms with Crippen molar-refractivity contribution < 1.29 is 0 Å². The van der Waals surface area contributed by atoms with Crippen LogP contribution in [0.1, 0.15) is 0 Å². The monoisotopic (exact) mass is 584 g/mol. The molecule has 2 nitrogen and oxygen atoms in total. The SMILES string of the molecule is c1ccc(-c2cc(-c3ccc(-c4cccc5c4-c4ccccc4-c4ccccc4-c4ccccc4-5)cc3)nc3ccncc23)cc1. The lowest BCUT2D eigenvalue weighted by molar-refractivity contribution is 1.32. The highest BCUT2D eigenvalue weighted by Gasteiger charge is 2.23. The van der Waals surface area contributed by atoms with Crippen LogP contribution in [-0.4, -0.2) is 9.97 Å². The van der Waals surface area contributed by atoms with Crippen LogP contribution in [0.2, 0.25) is 0 Å². The summed E-state index contributed by atoms with van der Waals surface area (Å²) < 4.78 is 0. The fourth-order valence-electron chi connectivity index (χ4n) is 7.04. The van der Waals surface area contributed by atoms with Crippen LogP contribution in [0.4, 0.5) is 0 Å². The summed E-state index contributed by atoms with van der Waals surface area (Å²) in [5.41, 5.74) is 17.7. The van der Waals surface area contributed by atoms with Crippen LogP contribution < -0.4 is 0 Å². The van der Waals surface area contributed by atoms with Crippen LogP contribution in [0.15, 0.2) is 170 Å². The molecule has 0 radical (unpaired) electrons. The quantitative estimate of drug-likeness (QED) is 0.206. The van der Waals surface area contributed by atoms with Crippen molar-refractivity contribution >= 4 is 10.9 Å². The molecule has 0 saturated heterocycles. The summed E-state index contributed by atoms with van der Waals surface area (Å²) in [6, 6.07) is 56.7. The lowest BCUT2D eigenvalue weighted by atomic mass is 9.78. The molecule has 46 heavy (non-hydrogen) atoms. The Balaban J connectivity index is 1.22. The second-order valence-corrected chi connectivity index (χ2v) is 11.8. The molecule has 0 bridgehead atoms. The highest BCUT2D eigenvalue weighted by Crippen LogP contribution is 2.50. The van der Waals surface area contributed by atoms with Crippen molar-refractivity contribution in [3.8, 4) is 78.0 Å². The number of aromatic nitrogens is 2. The molecule has 0 saturated carbocycles. The van der Waals surface area contributed by atoms with E-state index in [2.05, 4.69) is 151 Å². The predicted octanol–water partition coefficient (Wildman–Crippen LogP) is 11.6. The van der Waals surface area contributed by atoms with Gasteiger partial charge in [-0.15, -0.1) is 0 Å². The van der Waals surface area contributed by atoms with Gasteiger partial charge in [-0.3, -0.25) is 4.98 Å². The van der Waals surface area contributed by atoms with Crippen molar-refractivity contribution in [1.82, 2.24) is 9.97 Å². The van der Waals surface area contributed by atoms with Gasteiger partial charge in [-0.2, -0.15) is 0 Å². The van der Waals surface area contributed by atoms with Crippen LogP contribution in [0, 0.1) is 0 Å². The van der Waals surface area contributed by atoms with E-state index in [1.165, 1.54) is 55.6 Å². The number of benzene rings is 6. The lowest BCUT2D eigenvalue weighted by Crippen LogP contribution is -1.98. The molecule has 2 aromatic heterocycles. The van der Waals surface area contributed by atoms with Crippen molar-refractivity contribution in [3.63, 3.8) is 0 Å². The molecular weight excluding hydrogens is 556 g/mol. The maximum atomic E-state index is 5.06. The fraction of sp³-hybridized carbons (Fsp3) is 0. The van der Waals surface area contributed by atoms with Crippen LogP contribution in [0.3, 0.4) is 0 Å². The van der Waals surface area contributed by atoms with Crippen LogP contribution in [-0.2, 0) is 0 Å². The first-order chi connectivity index (χ1) is 22.8. The van der Waals surface area contributed by atoms with E-state index in [1.54, 1.807) is 0 Å². The average molecular weight is 585 g/mol. The summed E-state index contributed by atoms with van der Waals surface area (Å²) in [7, 11) is 0. The van der Waals surface area contributed by atoms with E-state index in [0.717, 1.165) is 33.3 Å². The lowest BCUT2D eigenvalue weighted by Gasteiger charge is -2.25. The second kappa shape index (κ2) is 10.8. The Labute approximate surface area is 268 Å². The molecule has 1 aliphatic rings. The zero-order valence-electron chi connectivity index (χ0n) is 25.1. The summed E-state index contributed by atoms with van der Waals surface area (Å²) in [6.07, 6.45) is 3.73. The Kier molecular flexibility index (Phi) is 6.17. The minimum atomic E-state index is 0.940. The van der Waals surface area contributed by atoms with Gasteiger partial charge in [0, 0.05) is 23.3 Å². The standard InChI is InChI=1S/C44H28N2/c1-2-11-29(12-3-1)40-27-43(46-42-25-26-45-28-41(40)42)31-23-21-30(22-24-31)32-19-10-20-39-37-16-7-6-15-35(37)33-13-4-5-14-34(33)36-17-8-9-18-38(36)44(32)39/h1-28H. The molecule has 214 valence electrons. The molecule has 0 N–H and O–H groups in total. The number of hydrogen-bond acceptors (Lipinski definition) is 2. The maximum absolute atomic E-state index is 5.06. The Morgan fingerprint density at radius 3 is 1.52 bits per heavy atom. The minimum absolute atomic E-state index is 0.940. The Morgan fingerprint density at radius 1 is 0.348 bits per heavy atom. The van der Waals surface area contributed by atoms with Gasteiger partial charge in [-0.25, -0.2) is 4.98 Å². The fourth-order valence-corrected chi connectivity index (χ4v) is 7.04. The average Bonchev–Trinajstić information content (AvgIpc) is 3.14. The van der Waals surface area contributed by atoms with Gasteiger partial charge in [-0.05, 0) is 78.9 Å². The summed E-state index contributed by atoms with van der Waals surface area (Å²) in [4.78, 5) is 9.46. The first kappa shape index (κ1) is 26.3. The molecule has 6 aromatic carbocycles. The van der Waals surface area contributed by atoms with Gasteiger partial charge >= 0.3 is 0 Å². The zero-order chi connectivity index (χ0) is 30.5. The molecule has 9 rings (SSSR count). The van der Waals surface area contributed by atoms with Crippen molar-refractivity contribution in [1.29, 1.82) is 0 Å². The van der Waals surface area contributed by atoms with E-state index in [9.17, 15) is 0 Å². The van der Waals surface area contributed by atoms with E-state index < -0.39 is 0 Å². The smallest absolute Gasteiger partial charge is 0.0746 e. The summed E-state index contributed by atoms with van der Waals surface area (Å²) in [5, 5.41) is 1.05. The highest BCUT2D eigenvalue weighted by molar-refractivity contribution is 6.07. The third-order valence-corrected chi connectivity index (χ3v) is 9.17. The van der Waals surface area contributed by atoms with E-state index in [4.69, 9.17) is 4.98 Å². The third-order valence-electron chi connectivity index (χ3n) is 9.17. The zero-order valence-corrected chi connectivity index (χ0v) is 25.1. The number of nitrogens with zero attached hydrogens (tertiary/aromatic N) is 2. The van der Waals surface area contributed by atoms with Gasteiger partial charge < -0.3 is 0 Å². The Morgan fingerprint density at radius 2 is 0.848 bits per heavy atom. The van der Waals surface area contributed by atoms with E-state index in [0.29, 0.717) is 0 Å². The first-order valence-electron chi connectivity index (χ1n) is 15.7. The molecule has 0 fully saturated rings. The molecule has 0 amide bonds. The predicted molar refractivity (Wildman–Crippen MR) is 191 cm³/mol. The Hall–Kier alpha value is -6.12. The minimum Gasteiger partial charge on any atom is -0.264 e. The molecule has 2 heteroatoms. The summed E-state index contributed by atoms with van der Waals surface area (Å²) in [5.74, 6) is 0. The number of rotatable bonds is 3. The van der Waals surface area contributed by atoms with Gasteiger partial charge in [0.15, 0.2) is 0 Å². The molecule has 0 aliphatic heterocycles. The van der Waals surface area contributed by atoms with Crippen molar-refractivity contribution in [2.24, 2.45) is 0 Å². The molecule has 2 heterocycles. The first-order valence-corrected chi connectivity index (χ1v) is 15.7. The number of pyridine rings is 2. The van der Waals surface area contributed by atoms with Crippen molar-refractivity contribution in [2.75, 3.05) is 0 Å². The van der Waals surface area contributed by atoms with Gasteiger partial charge in [0.2, 0.25) is 0 Å². The summed E-state index contributed by atoms with van der Waals surface area (Å²) >= 11 is 0. The van der Waals surface area contributed by atoms with E-state index in [1.807, 2.05) is 24.5 Å². The largest absolute Gasteiger partial charge is 0.264 e. The Bertz CT molecular complexity index is 2400. The van der Waals surface area contributed by atoms with Crippen molar-refractivity contribution in [2.45, 2.75) is 0 Å². The van der Waals surface area contributed by atoms with Crippen LogP contribution in [0.25, 0.3) is 88.9 Å². The van der Waals surface area contributed by atoms with Gasteiger partial charge in [0.25, 0.3) is 0 Å². The van der Waals surface area contributed by atoms with Gasteiger partial charge in [-0.1, -0.05) is 146 Å². The topological polar surface area (TPSA) is 25.8 Å². The maximum Gasteiger partial charge on any atom is 0.0746 e. The number of hydrogen-bond donors (Lipinski definition) is 0. The van der Waals surface area contributed by atoms with Gasteiger partial charge in [0.1, 0.15) is 0 Å². The molecule has 0 atom stereocenters. The number of fused-ring (bicyclic) bond motifs is 9. The van der Waals surface area contributed by atoms with Gasteiger partial charge in [0.05, 0.1) is 11.2 Å². The third kappa shape index (κ3) is 4.27. The van der Waals surface area contributed by atoms with Crippen LogP contribution in [0.5, 0.6) is 0 Å². The molecule has 0 unspecified atom stereocenters.